The summed E-state index contributed by atoms with van der Waals surface area (Å²) in [5.74, 6) is -2.29. The smallest absolute Gasteiger partial charge is 0.333 e. The molecule has 0 aliphatic heterocycles. The van der Waals surface area contributed by atoms with E-state index in [1.807, 2.05) is 0 Å². The highest BCUT2D eigenvalue weighted by Crippen LogP contribution is 2.16. The Morgan fingerprint density at radius 2 is 1.17 bits per heavy atom. The summed E-state index contributed by atoms with van der Waals surface area (Å²) < 4.78 is 14.9. The van der Waals surface area contributed by atoms with E-state index in [1.54, 1.807) is 0 Å². The molecule has 0 spiro atoms. The van der Waals surface area contributed by atoms with Crippen molar-refractivity contribution in [2.24, 2.45) is 0 Å². The van der Waals surface area contributed by atoms with Crippen molar-refractivity contribution in [1.29, 1.82) is 0 Å². The van der Waals surface area contributed by atoms with E-state index >= 15 is 0 Å². The molecule has 23 heavy (non-hydrogen) atoms. The van der Waals surface area contributed by atoms with E-state index in [2.05, 4.69) is 19.7 Å². The Kier molecular flexibility index (Phi) is 7.96. The van der Waals surface area contributed by atoms with Crippen LogP contribution >= 0.6 is 0 Å². The van der Waals surface area contributed by atoms with E-state index in [0.717, 1.165) is 0 Å². The molecule has 0 aromatic heterocycles. The van der Waals surface area contributed by atoms with E-state index in [-0.39, 0.29) is 16.7 Å². The molecule has 7 heteroatoms. The molecule has 1 N–H and O–H groups in total. The first-order chi connectivity index (χ1) is 10.5. The molecule has 0 radical (unpaired) electrons. The van der Waals surface area contributed by atoms with Gasteiger partial charge >= 0.3 is 17.9 Å². The molecule has 0 bridgehead atoms. The molecule has 0 unspecified atom stereocenters. The van der Waals surface area contributed by atoms with Crippen molar-refractivity contribution in [2.75, 3.05) is 19.8 Å². The molecule has 0 atom stereocenters. The van der Waals surface area contributed by atoms with Gasteiger partial charge in [0.2, 0.25) is 5.60 Å². The van der Waals surface area contributed by atoms with Crippen molar-refractivity contribution >= 4 is 17.9 Å². The van der Waals surface area contributed by atoms with Crippen molar-refractivity contribution in [3.63, 3.8) is 0 Å². The normalized spacial score (nSPS) is 10.4. The minimum absolute atomic E-state index is 0.0697. The lowest BCUT2D eigenvalue weighted by Crippen LogP contribution is -2.49. The van der Waals surface area contributed by atoms with Crippen molar-refractivity contribution < 1.29 is 33.7 Å². The maximum Gasteiger partial charge on any atom is 0.333 e. The first-order valence-electron chi connectivity index (χ1n) is 6.69. The first kappa shape index (κ1) is 20.6. The van der Waals surface area contributed by atoms with Crippen LogP contribution in [0.4, 0.5) is 0 Å². The number of aliphatic hydroxyl groups excluding tert-OH is 1. The number of rotatable bonds is 9. The van der Waals surface area contributed by atoms with E-state index in [1.165, 1.54) is 20.8 Å². The summed E-state index contributed by atoms with van der Waals surface area (Å²) in [6, 6.07) is 0. The molecule has 0 aromatic carbocycles. The maximum atomic E-state index is 11.7. The van der Waals surface area contributed by atoms with Gasteiger partial charge in [-0.25, -0.2) is 14.4 Å². The summed E-state index contributed by atoms with van der Waals surface area (Å²) in [4.78, 5) is 34.7. The van der Waals surface area contributed by atoms with Crippen LogP contribution in [0.15, 0.2) is 36.5 Å². The molecule has 0 aliphatic carbocycles. The highest BCUT2D eigenvalue weighted by molar-refractivity contribution is 5.88. The van der Waals surface area contributed by atoms with Gasteiger partial charge in [-0.05, 0) is 20.8 Å². The molecule has 128 valence electrons. The summed E-state index contributed by atoms with van der Waals surface area (Å²) in [5, 5.41) is 9.58. The summed E-state index contributed by atoms with van der Waals surface area (Å²) in [5.41, 5.74) is -1.42. The first-order valence-corrected chi connectivity index (χ1v) is 6.69. The predicted molar refractivity (Wildman–Crippen MR) is 82.3 cm³/mol. The van der Waals surface area contributed by atoms with Crippen LogP contribution in [0.3, 0.4) is 0 Å². The molecule has 0 saturated heterocycles. The van der Waals surface area contributed by atoms with Crippen LogP contribution in [-0.4, -0.2) is 48.4 Å². The van der Waals surface area contributed by atoms with E-state index in [0.29, 0.717) is 0 Å². The van der Waals surface area contributed by atoms with Crippen LogP contribution in [0.5, 0.6) is 0 Å². The molecule has 0 amide bonds. The lowest BCUT2D eigenvalue weighted by atomic mass is 10.1. The Morgan fingerprint density at radius 3 is 1.43 bits per heavy atom. The number of carbonyl (C=O) groups excluding carboxylic acids is 3. The number of hydrogen-bond donors (Lipinski definition) is 1. The quantitative estimate of drug-likeness (QED) is 0.384. The second kappa shape index (κ2) is 8.89. The Bertz CT molecular complexity index is 501. The number of esters is 3. The minimum Gasteiger partial charge on any atom is -0.458 e. The monoisotopic (exact) mass is 326 g/mol. The molecule has 0 fully saturated rings. The van der Waals surface area contributed by atoms with E-state index < -0.39 is 43.3 Å². The SMILES string of the molecule is C=C(C)C(=O)OCC(CO)(COC(=O)C(=C)C)OC(=O)C(=C)C. The van der Waals surface area contributed by atoms with E-state index in [9.17, 15) is 19.5 Å². The van der Waals surface area contributed by atoms with Crippen LogP contribution in [-0.2, 0) is 28.6 Å². The lowest BCUT2D eigenvalue weighted by Gasteiger charge is -2.30. The Balaban J connectivity index is 5.19. The van der Waals surface area contributed by atoms with Gasteiger partial charge < -0.3 is 19.3 Å². The third-order valence-electron chi connectivity index (χ3n) is 2.58. The predicted octanol–water partition coefficient (Wildman–Crippen LogP) is 1.08. The fourth-order valence-corrected chi connectivity index (χ4v) is 1.15. The van der Waals surface area contributed by atoms with Gasteiger partial charge in [0.15, 0.2) is 0 Å². The molecule has 0 heterocycles. The molecule has 0 rings (SSSR count). The van der Waals surface area contributed by atoms with Crippen LogP contribution in [0.2, 0.25) is 0 Å². The van der Waals surface area contributed by atoms with Crippen molar-refractivity contribution in [1.82, 2.24) is 0 Å². The van der Waals surface area contributed by atoms with Crippen molar-refractivity contribution in [3.05, 3.63) is 36.5 Å². The van der Waals surface area contributed by atoms with Gasteiger partial charge in [-0.3, -0.25) is 0 Å². The molecular weight excluding hydrogens is 304 g/mol. The van der Waals surface area contributed by atoms with Crippen LogP contribution in [0, 0.1) is 0 Å². The van der Waals surface area contributed by atoms with E-state index in [4.69, 9.17) is 14.2 Å². The van der Waals surface area contributed by atoms with Gasteiger partial charge in [0.1, 0.15) is 13.2 Å². The average Bonchev–Trinajstić information content (AvgIpc) is 2.48. The second-order valence-corrected chi connectivity index (χ2v) is 5.22. The molecule has 7 nitrogen and oxygen atoms in total. The fourth-order valence-electron chi connectivity index (χ4n) is 1.15. The minimum atomic E-state index is -1.74. The maximum absolute atomic E-state index is 11.7. The van der Waals surface area contributed by atoms with Crippen LogP contribution in [0.1, 0.15) is 20.8 Å². The molecule has 0 saturated carbocycles. The number of ether oxygens (including phenoxy) is 3. The number of carbonyl (C=O) groups is 3. The van der Waals surface area contributed by atoms with Crippen molar-refractivity contribution in [2.45, 2.75) is 26.4 Å². The Morgan fingerprint density at radius 1 is 0.826 bits per heavy atom. The van der Waals surface area contributed by atoms with Gasteiger partial charge in [0.25, 0.3) is 0 Å². The highest BCUT2D eigenvalue weighted by Gasteiger charge is 2.38. The van der Waals surface area contributed by atoms with Gasteiger partial charge in [-0.1, -0.05) is 19.7 Å². The molecule has 0 aliphatic rings. The zero-order valence-corrected chi connectivity index (χ0v) is 13.6. The average molecular weight is 326 g/mol. The zero-order chi connectivity index (χ0) is 18.2. The second-order valence-electron chi connectivity index (χ2n) is 5.22. The standard InChI is InChI=1S/C16H22O7/c1-10(2)13(18)21-8-16(7-17,23-15(20)12(5)6)9-22-14(19)11(3)4/h17H,1,3,5,7-9H2,2,4,6H3. The van der Waals surface area contributed by atoms with Gasteiger partial charge in [-0.2, -0.15) is 0 Å². The lowest BCUT2D eigenvalue weighted by molar-refractivity contribution is -0.185. The van der Waals surface area contributed by atoms with Crippen molar-refractivity contribution in [3.8, 4) is 0 Å². The fraction of sp³-hybridized carbons (Fsp3) is 0.438. The van der Waals surface area contributed by atoms with Gasteiger partial charge in [0, 0.05) is 16.7 Å². The summed E-state index contributed by atoms with van der Waals surface area (Å²) in [6.07, 6.45) is 0. The topological polar surface area (TPSA) is 99.1 Å². The molecular formula is C16H22O7. The van der Waals surface area contributed by atoms with Crippen LogP contribution in [0.25, 0.3) is 0 Å². The molecule has 0 aromatic rings. The van der Waals surface area contributed by atoms with Gasteiger partial charge in [0.05, 0.1) is 6.61 Å². The zero-order valence-electron chi connectivity index (χ0n) is 13.6. The summed E-state index contributed by atoms with van der Waals surface area (Å²) in [6.45, 7) is 12.8. The Hall–Kier alpha value is -2.41. The van der Waals surface area contributed by atoms with Crippen LogP contribution < -0.4 is 0 Å². The third-order valence-corrected chi connectivity index (χ3v) is 2.58. The Labute approximate surface area is 135 Å². The summed E-state index contributed by atoms with van der Waals surface area (Å²) >= 11 is 0. The largest absolute Gasteiger partial charge is 0.458 e. The number of aliphatic hydroxyl groups is 1. The van der Waals surface area contributed by atoms with Gasteiger partial charge in [-0.15, -0.1) is 0 Å². The highest BCUT2D eigenvalue weighted by atomic mass is 16.6. The number of hydrogen-bond acceptors (Lipinski definition) is 7. The summed E-state index contributed by atoms with van der Waals surface area (Å²) in [7, 11) is 0. The third kappa shape index (κ3) is 6.92.